The Morgan fingerprint density at radius 2 is 1.89 bits per heavy atom. The number of Topliss-reactive ketones (excluding diaryl/α,β-unsaturated/α-hetero) is 1. The Morgan fingerprint density at radius 1 is 1.25 bits per heavy atom. The van der Waals surface area contributed by atoms with Gasteiger partial charge in [0.15, 0.2) is 0 Å². The number of benzene rings is 1. The van der Waals surface area contributed by atoms with Crippen molar-refractivity contribution < 1.29 is 24.2 Å². The number of hydrogen-bond acceptors (Lipinski definition) is 5. The van der Waals surface area contributed by atoms with Gasteiger partial charge in [-0.25, -0.2) is 4.79 Å². The third kappa shape index (κ3) is 3.16. The van der Waals surface area contributed by atoms with Gasteiger partial charge in [0.2, 0.25) is 0 Å². The van der Waals surface area contributed by atoms with Crippen molar-refractivity contribution in [2.24, 2.45) is 17.3 Å². The second-order valence-electron chi connectivity index (χ2n) is 8.67. The molecule has 1 fully saturated rings. The van der Waals surface area contributed by atoms with Gasteiger partial charge in [-0.05, 0) is 68.9 Å². The van der Waals surface area contributed by atoms with Crippen molar-refractivity contribution in [3.8, 4) is 5.75 Å². The molecule has 152 valence electrons. The van der Waals surface area contributed by atoms with Crippen LogP contribution in [0.15, 0.2) is 35.9 Å². The van der Waals surface area contributed by atoms with Gasteiger partial charge in [0.25, 0.3) is 0 Å². The molecule has 0 saturated heterocycles. The molecule has 0 radical (unpaired) electrons. The minimum atomic E-state index is -1.20. The normalized spacial score (nSPS) is 32.5. The van der Waals surface area contributed by atoms with Gasteiger partial charge in [-0.15, -0.1) is 0 Å². The van der Waals surface area contributed by atoms with Crippen molar-refractivity contribution in [3.63, 3.8) is 0 Å². The topological polar surface area (TPSA) is 72.8 Å². The van der Waals surface area contributed by atoms with E-state index < -0.39 is 23.1 Å². The molecule has 4 atom stereocenters. The van der Waals surface area contributed by atoms with Crippen LogP contribution in [0.1, 0.15) is 57.3 Å². The zero-order valence-electron chi connectivity index (χ0n) is 17.3. The van der Waals surface area contributed by atoms with Gasteiger partial charge in [0, 0.05) is 6.42 Å². The predicted octanol–water partition coefficient (Wildman–Crippen LogP) is 3.94. The lowest BCUT2D eigenvalue weighted by molar-refractivity contribution is -0.155. The van der Waals surface area contributed by atoms with Crippen molar-refractivity contribution in [1.29, 1.82) is 0 Å². The SMILES string of the molecule is COc1ccc(C(=O)O[C@@H]2C=C(C)CC[C@]3(O)[C@H](C(C)C)CC(=O)[C@@]23C)cc1. The molecule has 0 aromatic heterocycles. The maximum Gasteiger partial charge on any atom is 0.338 e. The summed E-state index contributed by atoms with van der Waals surface area (Å²) in [6, 6.07) is 6.66. The summed E-state index contributed by atoms with van der Waals surface area (Å²) in [5.41, 5.74) is -0.944. The van der Waals surface area contributed by atoms with Gasteiger partial charge in [-0.1, -0.05) is 19.4 Å². The largest absolute Gasteiger partial charge is 0.497 e. The zero-order valence-corrected chi connectivity index (χ0v) is 17.3. The second kappa shape index (κ2) is 7.36. The van der Waals surface area contributed by atoms with E-state index in [1.807, 2.05) is 26.8 Å². The van der Waals surface area contributed by atoms with E-state index in [2.05, 4.69) is 0 Å². The maximum absolute atomic E-state index is 13.1. The molecule has 28 heavy (non-hydrogen) atoms. The van der Waals surface area contributed by atoms with Crippen LogP contribution in [0.5, 0.6) is 5.75 Å². The van der Waals surface area contributed by atoms with E-state index >= 15 is 0 Å². The van der Waals surface area contributed by atoms with Crippen LogP contribution in [0.25, 0.3) is 0 Å². The second-order valence-corrected chi connectivity index (χ2v) is 8.67. The number of esters is 1. The summed E-state index contributed by atoms with van der Waals surface area (Å²) < 4.78 is 11.0. The Balaban J connectivity index is 1.96. The molecule has 2 aliphatic rings. The van der Waals surface area contributed by atoms with E-state index in [1.54, 1.807) is 38.3 Å². The van der Waals surface area contributed by atoms with Crippen LogP contribution in [-0.2, 0) is 9.53 Å². The number of aliphatic hydroxyl groups is 1. The van der Waals surface area contributed by atoms with Crippen molar-refractivity contribution >= 4 is 11.8 Å². The highest BCUT2D eigenvalue weighted by atomic mass is 16.5. The molecule has 1 N–H and O–H groups in total. The summed E-state index contributed by atoms with van der Waals surface area (Å²) in [7, 11) is 1.56. The van der Waals surface area contributed by atoms with Crippen molar-refractivity contribution in [1.82, 2.24) is 0 Å². The Labute approximate surface area is 166 Å². The van der Waals surface area contributed by atoms with Crippen LogP contribution in [0.4, 0.5) is 0 Å². The fourth-order valence-electron chi connectivity index (χ4n) is 4.80. The minimum absolute atomic E-state index is 0.0350. The highest BCUT2D eigenvalue weighted by Gasteiger charge is 2.66. The average molecular weight is 386 g/mol. The van der Waals surface area contributed by atoms with Crippen LogP contribution >= 0.6 is 0 Å². The van der Waals surface area contributed by atoms with Crippen LogP contribution in [-0.4, -0.2) is 35.7 Å². The van der Waals surface area contributed by atoms with E-state index in [0.29, 0.717) is 30.6 Å². The fraction of sp³-hybridized carbons (Fsp3) is 0.565. The number of hydrogen-bond donors (Lipinski definition) is 1. The van der Waals surface area contributed by atoms with Crippen molar-refractivity contribution in [3.05, 3.63) is 41.5 Å². The lowest BCUT2D eigenvalue weighted by Gasteiger charge is -2.44. The summed E-state index contributed by atoms with van der Waals surface area (Å²) in [4.78, 5) is 25.9. The maximum atomic E-state index is 13.1. The van der Waals surface area contributed by atoms with Gasteiger partial charge >= 0.3 is 5.97 Å². The molecule has 3 rings (SSSR count). The summed E-state index contributed by atoms with van der Waals surface area (Å²) >= 11 is 0. The van der Waals surface area contributed by atoms with E-state index in [-0.39, 0.29) is 17.6 Å². The van der Waals surface area contributed by atoms with E-state index in [4.69, 9.17) is 9.47 Å². The van der Waals surface area contributed by atoms with Crippen LogP contribution in [0.3, 0.4) is 0 Å². The molecule has 0 amide bonds. The molecule has 0 aliphatic heterocycles. The highest BCUT2D eigenvalue weighted by molar-refractivity contribution is 5.93. The van der Waals surface area contributed by atoms with Gasteiger partial charge in [0.05, 0.1) is 23.7 Å². The molecule has 5 nitrogen and oxygen atoms in total. The van der Waals surface area contributed by atoms with Gasteiger partial charge in [0.1, 0.15) is 17.6 Å². The molecule has 0 spiro atoms. The first kappa shape index (κ1) is 20.6. The quantitative estimate of drug-likeness (QED) is 0.627. The van der Waals surface area contributed by atoms with E-state index in [0.717, 1.165) is 5.57 Å². The number of carbonyl (C=O) groups is 2. The van der Waals surface area contributed by atoms with Gasteiger partial charge < -0.3 is 14.6 Å². The fourth-order valence-corrected chi connectivity index (χ4v) is 4.80. The predicted molar refractivity (Wildman–Crippen MR) is 106 cm³/mol. The molecule has 0 bridgehead atoms. The summed E-state index contributed by atoms with van der Waals surface area (Å²) in [5, 5.41) is 11.7. The Morgan fingerprint density at radius 3 is 2.46 bits per heavy atom. The third-order valence-corrected chi connectivity index (χ3v) is 6.77. The number of rotatable bonds is 4. The number of allylic oxidation sites excluding steroid dienone is 1. The summed E-state index contributed by atoms with van der Waals surface area (Å²) in [6.45, 7) is 7.78. The molecule has 1 aromatic rings. The monoisotopic (exact) mass is 386 g/mol. The van der Waals surface area contributed by atoms with Crippen molar-refractivity contribution in [2.45, 2.75) is 58.7 Å². The van der Waals surface area contributed by atoms with E-state index in [9.17, 15) is 14.7 Å². The number of fused-ring (bicyclic) bond motifs is 1. The third-order valence-electron chi connectivity index (χ3n) is 6.77. The molecule has 1 saturated carbocycles. The minimum Gasteiger partial charge on any atom is -0.497 e. The van der Waals surface area contributed by atoms with Gasteiger partial charge in [-0.2, -0.15) is 0 Å². The first-order chi connectivity index (χ1) is 13.1. The molecule has 1 aromatic carbocycles. The standard InChI is InChI=1S/C23H30O5/c1-14(2)18-13-19(24)22(4)20(12-15(3)10-11-23(18,22)26)28-21(25)16-6-8-17(27-5)9-7-16/h6-9,12,14,18,20,26H,10-11,13H2,1-5H3/t18-,20+,22-,23-/m0/s1. The highest BCUT2D eigenvalue weighted by Crippen LogP contribution is 2.56. The number of ketones is 1. The lowest BCUT2D eigenvalue weighted by atomic mass is 9.65. The Kier molecular flexibility index (Phi) is 5.41. The molecule has 2 aliphatic carbocycles. The number of ether oxygens (including phenoxy) is 2. The number of methoxy groups -OCH3 is 1. The Bertz CT molecular complexity index is 794. The number of carbonyl (C=O) groups excluding carboxylic acids is 2. The molecule has 0 heterocycles. The summed E-state index contributed by atoms with van der Waals surface area (Å²) in [6.07, 6.45) is 2.54. The molecular weight excluding hydrogens is 356 g/mol. The van der Waals surface area contributed by atoms with Crippen LogP contribution in [0.2, 0.25) is 0 Å². The zero-order chi connectivity index (χ0) is 20.7. The van der Waals surface area contributed by atoms with Crippen LogP contribution in [0, 0.1) is 17.3 Å². The smallest absolute Gasteiger partial charge is 0.338 e. The van der Waals surface area contributed by atoms with E-state index in [1.165, 1.54) is 0 Å². The van der Waals surface area contributed by atoms with Crippen LogP contribution < -0.4 is 4.74 Å². The van der Waals surface area contributed by atoms with Gasteiger partial charge in [-0.3, -0.25) is 4.79 Å². The average Bonchev–Trinajstić information content (AvgIpc) is 2.82. The Hall–Kier alpha value is -2.14. The van der Waals surface area contributed by atoms with Crippen molar-refractivity contribution in [2.75, 3.05) is 7.11 Å². The summed E-state index contributed by atoms with van der Waals surface area (Å²) in [5.74, 6) is 0.114. The first-order valence-corrected chi connectivity index (χ1v) is 9.91. The molecule has 5 heteroatoms. The lowest BCUT2D eigenvalue weighted by Crippen LogP contribution is -2.56. The first-order valence-electron chi connectivity index (χ1n) is 9.91. The molecule has 0 unspecified atom stereocenters. The molecular formula is C23H30O5.